The molecule has 0 unspecified atom stereocenters. The van der Waals surface area contributed by atoms with Crippen LogP contribution in [0.1, 0.15) is 10.4 Å². The largest absolute Gasteiger partial charge is 0.478 e. The maximum Gasteiger partial charge on any atom is 0.335 e. The summed E-state index contributed by atoms with van der Waals surface area (Å²) < 4.78 is 17.6. The van der Waals surface area contributed by atoms with E-state index in [4.69, 9.17) is 9.52 Å². The fourth-order valence-corrected chi connectivity index (χ4v) is 1.86. The molecule has 20 heavy (non-hydrogen) atoms. The van der Waals surface area contributed by atoms with Crippen LogP contribution in [0.2, 0.25) is 0 Å². The number of nitrogens with zero attached hydrogens (tertiary/aromatic N) is 1. The molecule has 0 saturated heterocycles. The molecule has 0 spiro atoms. The number of carboxylic acids is 1. The van der Waals surface area contributed by atoms with Crippen LogP contribution < -0.4 is 4.94 Å². The number of halogens is 1. The zero-order chi connectivity index (χ0) is 14.1. The van der Waals surface area contributed by atoms with E-state index in [1.54, 1.807) is 18.2 Å². The first kappa shape index (κ1) is 12.2. The fourth-order valence-electron chi connectivity index (χ4n) is 1.86. The molecule has 0 fully saturated rings. The van der Waals surface area contributed by atoms with E-state index in [0.717, 1.165) is 0 Å². The van der Waals surface area contributed by atoms with E-state index >= 15 is 0 Å². The molecule has 0 aliphatic rings. The van der Waals surface area contributed by atoms with E-state index in [-0.39, 0.29) is 17.2 Å². The zero-order valence-electron chi connectivity index (χ0n) is 10.0. The van der Waals surface area contributed by atoms with E-state index in [0.29, 0.717) is 16.7 Å². The van der Waals surface area contributed by atoms with Crippen molar-refractivity contribution in [3.63, 3.8) is 0 Å². The summed E-state index contributed by atoms with van der Waals surface area (Å²) in [5.74, 6) is -0.741. The monoisotopic (exact) mass is 273 g/mol. The van der Waals surface area contributed by atoms with E-state index in [1.807, 2.05) is 0 Å². The normalized spacial score (nSPS) is 10.7. The average Bonchev–Trinajstić information content (AvgIpc) is 2.90. The van der Waals surface area contributed by atoms with Crippen LogP contribution in [-0.2, 0) is 0 Å². The third-order valence-corrected chi connectivity index (χ3v) is 2.81. The molecular formula is C14H8FNO4. The van der Waals surface area contributed by atoms with Gasteiger partial charge in [0.15, 0.2) is 11.3 Å². The van der Waals surface area contributed by atoms with Gasteiger partial charge >= 0.3 is 5.97 Å². The summed E-state index contributed by atoms with van der Waals surface area (Å²) in [7, 11) is 0. The number of fused-ring (bicyclic) bond motifs is 1. The van der Waals surface area contributed by atoms with Crippen molar-refractivity contribution in [1.82, 2.24) is 4.98 Å². The van der Waals surface area contributed by atoms with Crippen LogP contribution in [0.5, 0.6) is 5.75 Å². The van der Waals surface area contributed by atoms with Gasteiger partial charge in [0, 0.05) is 10.1 Å². The molecule has 3 rings (SSSR count). The second-order valence-electron chi connectivity index (χ2n) is 4.11. The minimum Gasteiger partial charge on any atom is -0.478 e. The summed E-state index contributed by atoms with van der Waals surface area (Å²) in [6, 6.07) is 10.6. The van der Waals surface area contributed by atoms with Crippen molar-refractivity contribution in [3.05, 3.63) is 48.0 Å². The highest BCUT2D eigenvalue weighted by Gasteiger charge is 2.11. The van der Waals surface area contributed by atoms with Crippen molar-refractivity contribution in [1.29, 1.82) is 0 Å². The molecule has 1 N–H and O–H groups in total. The molecule has 2 aromatic carbocycles. The maximum absolute atomic E-state index is 12.2. The number of carboxylic acid groups (broad SMARTS) is 1. The lowest BCUT2D eigenvalue weighted by Gasteiger charge is -1.96. The maximum atomic E-state index is 12.2. The summed E-state index contributed by atoms with van der Waals surface area (Å²) in [5.41, 5.74) is 1.53. The molecule has 100 valence electrons. The highest BCUT2D eigenvalue weighted by Crippen LogP contribution is 2.27. The lowest BCUT2D eigenvalue weighted by Crippen LogP contribution is -1.94. The number of oxazole rings is 1. The zero-order valence-corrected chi connectivity index (χ0v) is 10.0. The van der Waals surface area contributed by atoms with Gasteiger partial charge in [-0.3, -0.25) is 4.94 Å². The molecule has 3 aromatic rings. The topological polar surface area (TPSA) is 72.6 Å². The number of aromatic nitrogens is 1. The molecule has 6 heteroatoms. The number of aromatic carboxylic acids is 1. The first-order chi connectivity index (χ1) is 9.67. The first-order valence-electron chi connectivity index (χ1n) is 5.70. The Morgan fingerprint density at radius 2 is 2.10 bits per heavy atom. The van der Waals surface area contributed by atoms with E-state index in [9.17, 15) is 9.32 Å². The molecule has 0 bridgehead atoms. The Bertz CT molecular complexity index is 797. The molecule has 1 aromatic heterocycles. The second kappa shape index (κ2) is 4.65. The van der Waals surface area contributed by atoms with Gasteiger partial charge < -0.3 is 9.52 Å². The number of hydrogen-bond acceptors (Lipinski definition) is 4. The van der Waals surface area contributed by atoms with E-state index in [1.165, 1.54) is 24.3 Å². The summed E-state index contributed by atoms with van der Waals surface area (Å²) in [4.78, 5) is 18.8. The van der Waals surface area contributed by atoms with Gasteiger partial charge in [-0.2, -0.15) is 0 Å². The van der Waals surface area contributed by atoms with Gasteiger partial charge in [0.25, 0.3) is 0 Å². The van der Waals surface area contributed by atoms with Crippen LogP contribution in [0.3, 0.4) is 0 Å². The molecule has 0 aliphatic heterocycles. The van der Waals surface area contributed by atoms with Crippen LogP contribution in [0.15, 0.2) is 46.9 Å². The highest BCUT2D eigenvalue weighted by molar-refractivity contribution is 5.92. The summed E-state index contributed by atoms with van der Waals surface area (Å²) in [6.07, 6.45) is 0. The second-order valence-corrected chi connectivity index (χ2v) is 4.11. The Morgan fingerprint density at radius 3 is 2.85 bits per heavy atom. The predicted octanol–water partition coefficient (Wildman–Crippen LogP) is 3.46. The predicted molar refractivity (Wildman–Crippen MR) is 68.1 cm³/mol. The van der Waals surface area contributed by atoms with Gasteiger partial charge in [-0.15, -0.1) is 0 Å². The summed E-state index contributed by atoms with van der Waals surface area (Å²) in [5, 5.41) is 8.92. The van der Waals surface area contributed by atoms with Crippen molar-refractivity contribution in [2.75, 3.05) is 0 Å². The van der Waals surface area contributed by atoms with Crippen LogP contribution in [0, 0.1) is 0 Å². The Hall–Kier alpha value is -2.89. The number of carbonyl (C=O) groups is 1. The fraction of sp³-hybridized carbons (Fsp3) is 0. The van der Waals surface area contributed by atoms with E-state index < -0.39 is 5.97 Å². The van der Waals surface area contributed by atoms with Crippen molar-refractivity contribution >= 4 is 17.1 Å². The molecule has 0 aliphatic carbocycles. The van der Waals surface area contributed by atoms with Crippen LogP contribution >= 0.6 is 0 Å². The van der Waals surface area contributed by atoms with Crippen molar-refractivity contribution in [2.24, 2.45) is 0 Å². The lowest BCUT2D eigenvalue weighted by atomic mass is 10.2. The Labute approximate surface area is 112 Å². The molecule has 0 amide bonds. The van der Waals surface area contributed by atoms with Gasteiger partial charge in [0.1, 0.15) is 5.52 Å². The molecule has 0 radical (unpaired) electrons. The molecular weight excluding hydrogens is 265 g/mol. The van der Waals surface area contributed by atoms with Gasteiger partial charge in [-0.25, -0.2) is 9.78 Å². The van der Waals surface area contributed by atoms with Gasteiger partial charge in [0.2, 0.25) is 5.89 Å². The molecule has 5 nitrogen and oxygen atoms in total. The Morgan fingerprint density at radius 1 is 1.25 bits per heavy atom. The summed E-state index contributed by atoms with van der Waals surface area (Å²) in [6.45, 7) is 0. The van der Waals surface area contributed by atoms with Crippen molar-refractivity contribution < 1.29 is 23.8 Å². The van der Waals surface area contributed by atoms with Gasteiger partial charge in [-0.05, 0) is 36.4 Å². The molecule has 1 heterocycles. The molecule has 0 atom stereocenters. The minimum atomic E-state index is -1.04. The average molecular weight is 273 g/mol. The van der Waals surface area contributed by atoms with Gasteiger partial charge in [0.05, 0.1) is 5.56 Å². The Balaban J connectivity index is 2.10. The quantitative estimate of drug-likeness (QED) is 0.791. The van der Waals surface area contributed by atoms with Crippen molar-refractivity contribution in [2.45, 2.75) is 0 Å². The summed E-state index contributed by atoms with van der Waals surface area (Å²) >= 11 is 0. The number of rotatable bonds is 3. The van der Waals surface area contributed by atoms with E-state index in [2.05, 4.69) is 9.93 Å². The third kappa shape index (κ3) is 2.07. The van der Waals surface area contributed by atoms with Crippen LogP contribution in [-0.4, -0.2) is 16.1 Å². The smallest absolute Gasteiger partial charge is 0.335 e. The molecule has 0 saturated carbocycles. The van der Waals surface area contributed by atoms with Crippen LogP contribution in [0.25, 0.3) is 22.6 Å². The highest BCUT2D eigenvalue weighted by atomic mass is 19.3. The SMILES string of the molecule is O=C(O)c1ccc2nc(-c3cccc(OF)c3)oc2c1. The lowest BCUT2D eigenvalue weighted by molar-refractivity contribution is -0.00615. The number of benzene rings is 2. The standard InChI is InChI=1S/C14H8FNO4/c15-20-10-3-1-2-8(6-10)13-16-11-5-4-9(14(17)18)7-12(11)19-13/h1-7H,(H,17,18). The third-order valence-electron chi connectivity index (χ3n) is 2.81. The van der Waals surface area contributed by atoms with Crippen molar-refractivity contribution in [3.8, 4) is 17.2 Å². The van der Waals surface area contributed by atoms with Gasteiger partial charge in [-0.1, -0.05) is 6.07 Å². The minimum absolute atomic E-state index is 0.0379. The Kier molecular flexibility index (Phi) is 2.83. The van der Waals surface area contributed by atoms with Crippen LogP contribution in [0.4, 0.5) is 4.53 Å². The first-order valence-corrected chi connectivity index (χ1v) is 5.70. The number of hydrogen-bond donors (Lipinski definition) is 1.